The average Bonchev–Trinajstić information content (AvgIpc) is 2.43. The second-order valence-corrected chi connectivity index (χ2v) is 6.74. The van der Waals surface area contributed by atoms with Gasteiger partial charge in [0.2, 0.25) is 0 Å². The van der Waals surface area contributed by atoms with Crippen LogP contribution < -0.4 is 10.1 Å². The number of nitrogens with one attached hydrogen (secondary N) is 1. The maximum Gasteiger partial charge on any atom is 0.133 e. The lowest BCUT2D eigenvalue weighted by Gasteiger charge is -2.33. The van der Waals surface area contributed by atoms with Gasteiger partial charge in [-0.2, -0.15) is 0 Å². The predicted octanol–water partition coefficient (Wildman–Crippen LogP) is 4.80. The smallest absolute Gasteiger partial charge is 0.133 e. The van der Waals surface area contributed by atoms with Crippen LogP contribution in [0.4, 0.5) is 0 Å². The number of hydrogen-bond donors (Lipinski definition) is 1. The summed E-state index contributed by atoms with van der Waals surface area (Å²) in [5, 5.41) is 3.61. The molecule has 0 fully saturated rings. The van der Waals surface area contributed by atoms with E-state index in [1.165, 1.54) is 18.4 Å². The molecule has 0 saturated carbocycles. The monoisotopic (exact) mass is 341 g/mol. The highest BCUT2D eigenvalue weighted by molar-refractivity contribution is 9.10. The summed E-state index contributed by atoms with van der Waals surface area (Å²) in [6.07, 6.45) is 3.47. The molecule has 1 N–H and O–H groups in total. The van der Waals surface area contributed by atoms with Crippen molar-refractivity contribution in [2.45, 2.75) is 53.0 Å². The molecular formula is C17H28BrNO. The summed E-state index contributed by atoms with van der Waals surface area (Å²) >= 11 is 3.58. The first-order valence-corrected chi connectivity index (χ1v) is 8.31. The minimum Gasteiger partial charge on any atom is -0.496 e. The third-order valence-electron chi connectivity index (χ3n) is 4.18. The van der Waals surface area contributed by atoms with Crippen molar-refractivity contribution in [3.63, 3.8) is 0 Å². The van der Waals surface area contributed by atoms with E-state index in [4.69, 9.17) is 4.74 Å². The van der Waals surface area contributed by atoms with E-state index in [0.29, 0.717) is 11.5 Å². The molecule has 0 heterocycles. The topological polar surface area (TPSA) is 21.3 Å². The van der Waals surface area contributed by atoms with Gasteiger partial charge in [-0.25, -0.2) is 0 Å². The second kappa shape index (κ2) is 8.04. The lowest BCUT2D eigenvalue weighted by Crippen LogP contribution is -2.38. The standard InChI is InChI=1S/C17H28BrNO/c1-6-17(7-2,12-19-13(3)4)11-14-8-9-16(20-5)15(18)10-14/h8-10,13,19H,6-7,11-12H2,1-5H3. The number of ether oxygens (including phenoxy) is 1. The first kappa shape index (κ1) is 17.5. The molecule has 0 aliphatic rings. The molecule has 0 atom stereocenters. The van der Waals surface area contributed by atoms with E-state index in [1.807, 2.05) is 6.07 Å². The Labute approximate surface area is 132 Å². The molecule has 0 spiro atoms. The van der Waals surface area contributed by atoms with Crippen molar-refractivity contribution in [1.82, 2.24) is 5.32 Å². The minimum atomic E-state index is 0.332. The van der Waals surface area contributed by atoms with Crippen LogP contribution in [0.25, 0.3) is 0 Å². The number of rotatable bonds is 8. The van der Waals surface area contributed by atoms with E-state index in [0.717, 1.165) is 23.2 Å². The molecule has 20 heavy (non-hydrogen) atoms. The molecule has 0 bridgehead atoms. The van der Waals surface area contributed by atoms with Crippen LogP contribution in [0.3, 0.4) is 0 Å². The molecule has 1 rings (SSSR count). The van der Waals surface area contributed by atoms with Crippen molar-refractivity contribution >= 4 is 15.9 Å². The molecule has 0 unspecified atom stereocenters. The average molecular weight is 342 g/mol. The highest BCUT2D eigenvalue weighted by Gasteiger charge is 2.26. The number of benzene rings is 1. The highest BCUT2D eigenvalue weighted by atomic mass is 79.9. The minimum absolute atomic E-state index is 0.332. The van der Waals surface area contributed by atoms with E-state index in [2.05, 4.69) is 61.1 Å². The summed E-state index contributed by atoms with van der Waals surface area (Å²) in [7, 11) is 1.70. The summed E-state index contributed by atoms with van der Waals surface area (Å²) in [6.45, 7) is 10.1. The summed E-state index contributed by atoms with van der Waals surface area (Å²) in [6, 6.07) is 6.95. The fourth-order valence-corrected chi connectivity index (χ4v) is 3.07. The third kappa shape index (κ3) is 4.78. The lowest BCUT2D eigenvalue weighted by atomic mass is 9.76. The van der Waals surface area contributed by atoms with E-state index >= 15 is 0 Å². The molecule has 0 aliphatic carbocycles. The van der Waals surface area contributed by atoms with Gasteiger partial charge in [-0.3, -0.25) is 0 Å². The van der Waals surface area contributed by atoms with E-state index in [1.54, 1.807) is 7.11 Å². The fourth-order valence-electron chi connectivity index (χ4n) is 2.49. The van der Waals surface area contributed by atoms with E-state index in [-0.39, 0.29) is 0 Å². The lowest BCUT2D eigenvalue weighted by molar-refractivity contribution is 0.239. The zero-order valence-corrected chi connectivity index (χ0v) is 15.0. The molecule has 1 aromatic carbocycles. The van der Waals surface area contributed by atoms with Crippen molar-refractivity contribution in [2.24, 2.45) is 5.41 Å². The molecular weight excluding hydrogens is 314 g/mol. The molecule has 114 valence electrons. The van der Waals surface area contributed by atoms with Crippen LogP contribution in [-0.2, 0) is 6.42 Å². The summed E-state index contributed by atoms with van der Waals surface area (Å²) in [4.78, 5) is 0. The molecule has 1 aromatic rings. The molecule has 0 saturated heterocycles. The van der Waals surface area contributed by atoms with Crippen molar-refractivity contribution < 1.29 is 4.74 Å². The van der Waals surface area contributed by atoms with Gasteiger partial charge in [0.05, 0.1) is 11.6 Å². The zero-order valence-electron chi connectivity index (χ0n) is 13.4. The van der Waals surface area contributed by atoms with Crippen LogP contribution in [0, 0.1) is 5.41 Å². The Morgan fingerprint density at radius 1 is 1.25 bits per heavy atom. The largest absolute Gasteiger partial charge is 0.496 e. The third-order valence-corrected chi connectivity index (χ3v) is 4.80. The SMILES string of the molecule is CCC(CC)(CNC(C)C)Cc1ccc(OC)c(Br)c1. The van der Waals surface area contributed by atoms with Crippen LogP contribution in [0.15, 0.2) is 22.7 Å². The van der Waals surface area contributed by atoms with Gasteiger partial charge in [-0.05, 0) is 58.3 Å². The van der Waals surface area contributed by atoms with Crippen LogP contribution in [0.5, 0.6) is 5.75 Å². The number of halogens is 1. The Morgan fingerprint density at radius 2 is 1.90 bits per heavy atom. The molecule has 0 aliphatic heterocycles. The van der Waals surface area contributed by atoms with Crippen molar-refractivity contribution in [2.75, 3.05) is 13.7 Å². The fraction of sp³-hybridized carbons (Fsp3) is 0.647. The highest BCUT2D eigenvalue weighted by Crippen LogP contribution is 2.33. The first-order valence-electron chi connectivity index (χ1n) is 7.52. The molecule has 0 aromatic heterocycles. The van der Waals surface area contributed by atoms with Crippen LogP contribution in [-0.4, -0.2) is 19.7 Å². The van der Waals surface area contributed by atoms with Crippen LogP contribution in [0.2, 0.25) is 0 Å². The van der Waals surface area contributed by atoms with Gasteiger partial charge in [0.1, 0.15) is 5.75 Å². The Kier molecular flexibility index (Phi) is 7.04. The van der Waals surface area contributed by atoms with Gasteiger partial charge in [-0.1, -0.05) is 33.8 Å². The Balaban J connectivity index is 2.86. The molecule has 0 amide bonds. The van der Waals surface area contributed by atoms with Gasteiger partial charge < -0.3 is 10.1 Å². The Bertz CT molecular complexity index is 413. The van der Waals surface area contributed by atoms with E-state index < -0.39 is 0 Å². The van der Waals surface area contributed by atoms with Crippen LogP contribution >= 0.6 is 15.9 Å². The molecule has 0 radical (unpaired) electrons. The normalized spacial score (nSPS) is 11.9. The van der Waals surface area contributed by atoms with Gasteiger partial charge in [-0.15, -0.1) is 0 Å². The Hall–Kier alpha value is -0.540. The van der Waals surface area contributed by atoms with Crippen molar-refractivity contribution in [3.05, 3.63) is 28.2 Å². The first-order chi connectivity index (χ1) is 9.46. The second-order valence-electron chi connectivity index (χ2n) is 5.89. The van der Waals surface area contributed by atoms with Crippen molar-refractivity contribution in [1.29, 1.82) is 0 Å². The van der Waals surface area contributed by atoms with Crippen molar-refractivity contribution in [3.8, 4) is 5.75 Å². The zero-order chi connectivity index (χ0) is 15.2. The predicted molar refractivity (Wildman–Crippen MR) is 90.6 cm³/mol. The van der Waals surface area contributed by atoms with Gasteiger partial charge in [0, 0.05) is 12.6 Å². The number of hydrogen-bond acceptors (Lipinski definition) is 2. The number of methoxy groups -OCH3 is 1. The maximum atomic E-state index is 5.30. The quantitative estimate of drug-likeness (QED) is 0.732. The Morgan fingerprint density at radius 3 is 2.35 bits per heavy atom. The molecule has 2 nitrogen and oxygen atoms in total. The van der Waals surface area contributed by atoms with E-state index in [9.17, 15) is 0 Å². The maximum absolute atomic E-state index is 5.30. The van der Waals surface area contributed by atoms with Gasteiger partial charge in [0.15, 0.2) is 0 Å². The summed E-state index contributed by atoms with van der Waals surface area (Å²) in [5.41, 5.74) is 1.70. The van der Waals surface area contributed by atoms with Gasteiger partial charge >= 0.3 is 0 Å². The summed E-state index contributed by atoms with van der Waals surface area (Å²) < 4.78 is 6.34. The van der Waals surface area contributed by atoms with Crippen LogP contribution in [0.1, 0.15) is 46.1 Å². The summed E-state index contributed by atoms with van der Waals surface area (Å²) in [5.74, 6) is 0.896. The van der Waals surface area contributed by atoms with Gasteiger partial charge in [0.25, 0.3) is 0 Å². The molecule has 3 heteroatoms.